The van der Waals surface area contributed by atoms with Crippen LogP contribution in [0.5, 0.6) is 0 Å². The Morgan fingerprint density at radius 3 is 2.77 bits per heavy atom. The fourth-order valence-electron chi connectivity index (χ4n) is 0.837. The van der Waals surface area contributed by atoms with E-state index in [4.69, 9.17) is 5.84 Å². The van der Waals surface area contributed by atoms with Gasteiger partial charge in [-0.1, -0.05) is 6.92 Å². The molecule has 72 valence electrons. The van der Waals surface area contributed by atoms with E-state index in [1.165, 1.54) is 6.33 Å². The number of aromatic nitrogens is 2. The maximum absolute atomic E-state index is 5.25. The minimum Gasteiger partial charge on any atom is -0.369 e. The van der Waals surface area contributed by atoms with Crippen LogP contribution in [0.2, 0.25) is 0 Å². The number of hydrogen-bond donors (Lipinski definition) is 3. The second-order valence-corrected chi connectivity index (χ2v) is 3.25. The van der Waals surface area contributed by atoms with Crippen molar-refractivity contribution in [2.75, 3.05) is 17.3 Å². The molecule has 0 bridgehead atoms. The van der Waals surface area contributed by atoms with Gasteiger partial charge in [0.25, 0.3) is 0 Å². The normalized spacial score (nSPS) is 9.77. The molecule has 0 amide bonds. The van der Waals surface area contributed by atoms with Crippen LogP contribution in [0.15, 0.2) is 10.8 Å². The van der Waals surface area contributed by atoms with Gasteiger partial charge in [0, 0.05) is 6.54 Å². The highest BCUT2D eigenvalue weighted by Gasteiger charge is 2.05. The lowest BCUT2D eigenvalue weighted by Gasteiger charge is -2.08. The van der Waals surface area contributed by atoms with Crippen molar-refractivity contribution in [3.8, 4) is 0 Å². The van der Waals surface area contributed by atoms with Gasteiger partial charge in [-0.3, -0.25) is 0 Å². The SMILES string of the molecule is CCCNc1ncnc(NN)c1Br. The van der Waals surface area contributed by atoms with Crippen LogP contribution < -0.4 is 16.6 Å². The zero-order chi connectivity index (χ0) is 9.68. The van der Waals surface area contributed by atoms with Gasteiger partial charge in [0.05, 0.1) is 0 Å². The van der Waals surface area contributed by atoms with Gasteiger partial charge in [-0.05, 0) is 22.4 Å². The number of halogens is 1. The van der Waals surface area contributed by atoms with E-state index in [0.717, 1.165) is 23.3 Å². The molecular weight excluding hydrogens is 234 g/mol. The van der Waals surface area contributed by atoms with Crippen molar-refractivity contribution in [1.29, 1.82) is 0 Å². The zero-order valence-electron chi connectivity index (χ0n) is 7.34. The highest BCUT2D eigenvalue weighted by molar-refractivity contribution is 9.10. The first-order valence-electron chi connectivity index (χ1n) is 4.00. The fraction of sp³-hybridized carbons (Fsp3) is 0.429. The van der Waals surface area contributed by atoms with Gasteiger partial charge < -0.3 is 10.7 Å². The lowest BCUT2D eigenvalue weighted by molar-refractivity contribution is 0.961. The highest BCUT2D eigenvalue weighted by atomic mass is 79.9. The van der Waals surface area contributed by atoms with Gasteiger partial charge in [-0.15, -0.1) is 0 Å². The molecule has 5 nitrogen and oxygen atoms in total. The molecule has 0 aliphatic rings. The third-order valence-corrected chi connectivity index (χ3v) is 2.22. The summed E-state index contributed by atoms with van der Waals surface area (Å²) in [6.45, 7) is 2.96. The summed E-state index contributed by atoms with van der Waals surface area (Å²) >= 11 is 3.34. The molecule has 0 fully saturated rings. The number of anilines is 2. The van der Waals surface area contributed by atoms with Crippen molar-refractivity contribution >= 4 is 27.6 Å². The summed E-state index contributed by atoms with van der Waals surface area (Å²) < 4.78 is 0.756. The van der Waals surface area contributed by atoms with E-state index >= 15 is 0 Å². The van der Waals surface area contributed by atoms with Crippen molar-refractivity contribution < 1.29 is 0 Å². The molecule has 0 aromatic carbocycles. The third-order valence-electron chi connectivity index (χ3n) is 1.47. The Labute approximate surface area is 85.2 Å². The molecule has 1 aromatic heterocycles. The minimum atomic E-state index is 0.577. The Hall–Kier alpha value is -0.880. The van der Waals surface area contributed by atoms with Gasteiger partial charge in [-0.2, -0.15) is 0 Å². The molecule has 0 saturated carbocycles. The second kappa shape index (κ2) is 4.98. The number of nitrogens with two attached hydrogens (primary N) is 1. The van der Waals surface area contributed by atoms with Crippen LogP contribution in [0.3, 0.4) is 0 Å². The average Bonchev–Trinajstić information content (AvgIpc) is 2.16. The van der Waals surface area contributed by atoms with Gasteiger partial charge in [0.2, 0.25) is 0 Å². The predicted molar refractivity (Wildman–Crippen MR) is 56.3 cm³/mol. The molecule has 0 saturated heterocycles. The van der Waals surface area contributed by atoms with Crippen LogP contribution >= 0.6 is 15.9 Å². The number of nitrogen functional groups attached to an aromatic ring is 1. The molecule has 1 heterocycles. The molecule has 0 spiro atoms. The van der Waals surface area contributed by atoms with Crippen LogP contribution in [0, 0.1) is 0 Å². The fourth-order valence-corrected chi connectivity index (χ4v) is 1.30. The van der Waals surface area contributed by atoms with Crippen molar-refractivity contribution in [2.24, 2.45) is 5.84 Å². The number of nitrogens with one attached hydrogen (secondary N) is 2. The molecular formula is C7H12BrN5. The Morgan fingerprint density at radius 1 is 1.46 bits per heavy atom. The molecule has 1 rings (SSSR count). The largest absolute Gasteiger partial charge is 0.369 e. The quantitative estimate of drug-likeness (QED) is 0.552. The van der Waals surface area contributed by atoms with E-state index in [0.29, 0.717) is 5.82 Å². The van der Waals surface area contributed by atoms with E-state index in [2.05, 4.69) is 43.6 Å². The summed E-state index contributed by atoms with van der Waals surface area (Å²) in [6, 6.07) is 0. The maximum atomic E-state index is 5.25. The molecule has 0 aliphatic heterocycles. The minimum absolute atomic E-state index is 0.577. The average molecular weight is 246 g/mol. The van der Waals surface area contributed by atoms with E-state index in [9.17, 15) is 0 Å². The van der Waals surface area contributed by atoms with Crippen LogP contribution in [0.4, 0.5) is 11.6 Å². The molecule has 0 radical (unpaired) electrons. The summed E-state index contributed by atoms with van der Waals surface area (Å²) in [7, 11) is 0. The summed E-state index contributed by atoms with van der Waals surface area (Å²) in [5, 5.41) is 3.14. The monoisotopic (exact) mass is 245 g/mol. The highest BCUT2D eigenvalue weighted by Crippen LogP contribution is 2.25. The summed E-state index contributed by atoms with van der Waals surface area (Å²) in [5.41, 5.74) is 2.47. The van der Waals surface area contributed by atoms with Gasteiger partial charge in [0.1, 0.15) is 16.6 Å². The van der Waals surface area contributed by atoms with Gasteiger partial charge >= 0.3 is 0 Å². The molecule has 13 heavy (non-hydrogen) atoms. The smallest absolute Gasteiger partial charge is 0.159 e. The van der Waals surface area contributed by atoms with Crippen LogP contribution in [-0.2, 0) is 0 Å². The molecule has 0 atom stereocenters. The predicted octanol–water partition coefficient (Wildman–Crippen LogP) is 1.35. The van der Waals surface area contributed by atoms with Crippen molar-refractivity contribution in [3.05, 3.63) is 10.8 Å². The topological polar surface area (TPSA) is 75.9 Å². The van der Waals surface area contributed by atoms with Crippen LogP contribution in [0.25, 0.3) is 0 Å². The zero-order valence-corrected chi connectivity index (χ0v) is 8.93. The van der Waals surface area contributed by atoms with Crippen LogP contribution in [-0.4, -0.2) is 16.5 Å². The van der Waals surface area contributed by atoms with Gasteiger partial charge in [-0.25, -0.2) is 15.8 Å². The standard InChI is InChI=1S/C7H12BrN5/c1-2-3-10-6-5(8)7(13-9)12-4-11-6/h4H,2-3,9H2,1H3,(H2,10,11,12,13). The van der Waals surface area contributed by atoms with Crippen LogP contribution in [0.1, 0.15) is 13.3 Å². The van der Waals surface area contributed by atoms with Crippen molar-refractivity contribution in [2.45, 2.75) is 13.3 Å². The van der Waals surface area contributed by atoms with E-state index in [1.807, 2.05) is 0 Å². The lowest BCUT2D eigenvalue weighted by Crippen LogP contribution is -2.11. The second-order valence-electron chi connectivity index (χ2n) is 2.46. The summed E-state index contributed by atoms with van der Waals surface area (Å²) in [4.78, 5) is 7.99. The molecule has 0 unspecified atom stereocenters. The molecule has 0 aliphatic carbocycles. The number of hydrazine groups is 1. The van der Waals surface area contributed by atoms with Gasteiger partial charge in [0.15, 0.2) is 5.82 Å². The first-order chi connectivity index (χ1) is 6.29. The number of hydrogen-bond acceptors (Lipinski definition) is 5. The lowest BCUT2D eigenvalue weighted by atomic mass is 10.4. The first-order valence-corrected chi connectivity index (χ1v) is 4.79. The summed E-state index contributed by atoms with van der Waals surface area (Å²) in [5.74, 6) is 6.58. The Balaban J connectivity index is 2.81. The van der Waals surface area contributed by atoms with Crippen molar-refractivity contribution in [3.63, 3.8) is 0 Å². The molecule has 6 heteroatoms. The third kappa shape index (κ3) is 2.53. The summed E-state index contributed by atoms with van der Waals surface area (Å²) in [6.07, 6.45) is 2.50. The number of nitrogens with zero attached hydrogens (tertiary/aromatic N) is 2. The first kappa shape index (κ1) is 10.2. The molecule has 4 N–H and O–H groups in total. The Morgan fingerprint density at radius 2 is 2.15 bits per heavy atom. The molecule has 1 aromatic rings. The van der Waals surface area contributed by atoms with Crippen molar-refractivity contribution in [1.82, 2.24) is 9.97 Å². The number of rotatable bonds is 4. The van der Waals surface area contributed by atoms with E-state index < -0.39 is 0 Å². The van der Waals surface area contributed by atoms with E-state index in [1.54, 1.807) is 0 Å². The Kier molecular flexibility index (Phi) is 3.91. The Bertz CT molecular complexity index is 278. The van der Waals surface area contributed by atoms with E-state index in [-0.39, 0.29) is 0 Å². The maximum Gasteiger partial charge on any atom is 0.159 e.